The van der Waals surface area contributed by atoms with Gasteiger partial charge in [-0.3, -0.25) is 10.2 Å². The van der Waals surface area contributed by atoms with Crippen molar-refractivity contribution in [2.24, 2.45) is 5.73 Å². The predicted octanol–water partition coefficient (Wildman–Crippen LogP) is 2.62. The third-order valence-corrected chi connectivity index (χ3v) is 4.88. The molecular weight excluding hydrogens is 383 g/mol. The molecule has 1 aliphatic rings. The number of amides is 3. The minimum atomic E-state index is -0.446. The quantitative estimate of drug-likeness (QED) is 0.805. The lowest BCUT2D eigenvalue weighted by atomic mass is 10.0. The van der Waals surface area contributed by atoms with E-state index in [-0.39, 0.29) is 10.9 Å². The molecule has 1 fully saturated rings. The number of hydrogen-bond donors (Lipinski definition) is 2. The molecule has 1 heterocycles. The SMILES string of the molecule is NC(=O)N1CCN(NC(=O)[CH]Cc2ccc(-c3ccc(F)c(Cl)c3)cc2)CC1. The number of urea groups is 1. The van der Waals surface area contributed by atoms with Crippen LogP contribution in [0.25, 0.3) is 11.1 Å². The number of carbonyl (C=O) groups is 2. The third-order valence-electron chi connectivity index (χ3n) is 4.59. The van der Waals surface area contributed by atoms with Gasteiger partial charge in [-0.25, -0.2) is 14.2 Å². The molecule has 3 rings (SSSR count). The maximum Gasteiger partial charge on any atom is 0.314 e. The molecule has 3 N–H and O–H groups in total. The largest absolute Gasteiger partial charge is 0.351 e. The molecule has 1 radical (unpaired) electrons. The second-order valence-electron chi connectivity index (χ2n) is 6.52. The molecule has 0 saturated carbocycles. The Kier molecular flexibility index (Phi) is 6.49. The van der Waals surface area contributed by atoms with E-state index in [1.54, 1.807) is 28.5 Å². The molecule has 6 nitrogen and oxygen atoms in total. The maximum absolute atomic E-state index is 13.3. The molecule has 8 heteroatoms. The van der Waals surface area contributed by atoms with Gasteiger partial charge in [0.25, 0.3) is 0 Å². The van der Waals surface area contributed by atoms with Crippen LogP contribution in [0.2, 0.25) is 5.02 Å². The van der Waals surface area contributed by atoms with Crippen LogP contribution in [-0.4, -0.2) is 48.0 Å². The molecule has 0 atom stereocenters. The van der Waals surface area contributed by atoms with E-state index in [1.165, 1.54) is 6.07 Å². The minimum Gasteiger partial charge on any atom is -0.351 e. The number of carbonyl (C=O) groups excluding carboxylic acids is 2. The topological polar surface area (TPSA) is 78.7 Å². The molecule has 1 saturated heterocycles. The van der Waals surface area contributed by atoms with Crippen molar-refractivity contribution in [1.82, 2.24) is 15.3 Å². The fraction of sp³-hybridized carbons (Fsp3) is 0.250. The Morgan fingerprint density at radius 1 is 1.07 bits per heavy atom. The van der Waals surface area contributed by atoms with Crippen molar-refractivity contribution in [2.45, 2.75) is 6.42 Å². The molecule has 0 spiro atoms. The zero-order valence-corrected chi connectivity index (χ0v) is 16.0. The lowest BCUT2D eigenvalue weighted by Crippen LogP contribution is -2.55. The van der Waals surface area contributed by atoms with E-state index in [2.05, 4.69) is 5.43 Å². The molecule has 0 bridgehead atoms. The summed E-state index contributed by atoms with van der Waals surface area (Å²) < 4.78 is 13.3. The average Bonchev–Trinajstić information content (AvgIpc) is 2.69. The highest BCUT2D eigenvalue weighted by molar-refractivity contribution is 6.31. The van der Waals surface area contributed by atoms with Crippen LogP contribution in [0.1, 0.15) is 5.56 Å². The van der Waals surface area contributed by atoms with Crippen LogP contribution in [-0.2, 0) is 11.2 Å². The Hall–Kier alpha value is -2.64. The number of hydrazine groups is 1. The van der Waals surface area contributed by atoms with E-state index in [9.17, 15) is 14.0 Å². The standard InChI is InChI=1S/C20H21ClFN4O2/c21-17-13-16(6-7-18(17)22)15-4-1-14(2-5-15)3-8-19(27)24-26-11-9-25(10-12-26)20(23)28/h1-2,4-8,13H,3,9-12H2,(H2,23,28)(H,24,27). The van der Waals surface area contributed by atoms with Gasteiger partial charge in [-0.15, -0.1) is 0 Å². The summed E-state index contributed by atoms with van der Waals surface area (Å²) >= 11 is 5.83. The van der Waals surface area contributed by atoms with Crippen LogP contribution in [0.3, 0.4) is 0 Å². The molecule has 147 valence electrons. The van der Waals surface area contributed by atoms with Gasteiger partial charge in [0, 0.05) is 26.2 Å². The van der Waals surface area contributed by atoms with Gasteiger partial charge in [-0.1, -0.05) is 41.9 Å². The summed E-state index contributed by atoms with van der Waals surface area (Å²) in [5.41, 5.74) is 10.8. The van der Waals surface area contributed by atoms with Crippen LogP contribution in [0.4, 0.5) is 9.18 Å². The van der Waals surface area contributed by atoms with E-state index in [1.807, 2.05) is 24.3 Å². The zero-order chi connectivity index (χ0) is 20.1. The summed E-state index contributed by atoms with van der Waals surface area (Å²) in [7, 11) is 0. The van der Waals surface area contributed by atoms with E-state index in [4.69, 9.17) is 17.3 Å². The minimum absolute atomic E-state index is 0.0863. The number of nitrogens with zero attached hydrogens (tertiary/aromatic N) is 2. The Bertz CT molecular complexity index is 852. The van der Waals surface area contributed by atoms with E-state index in [0.717, 1.165) is 16.7 Å². The average molecular weight is 404 g/mol. The van der Waals surface area contributed by atoms with Gasteiger partial charge in [0.1, 0.15) is 5.82 Å². The van der Waals surface area contributed by atoms with Gasteiger partial charge < -0.3 is 10.6 Å². The molecule has 28 heavy (non-hydrogen) atoms. The van der Waals surface area contributed by atoms with E-state index >= 15 is 0 Å². The van der Waals surface area contributed by atoms with Crippen LogP contribution in [0.5, 0.6) is 0 Å². The second kappa shape index (κ2) is 9.03. The van der Waals surface area contributed by atoms with E-state index < -0.39 is 11.8 Å². The fourth-order valence-corrected chi connectivity index (χ4v) is 3.14. The molecule has 2 aromatic rings. The molecule has 0 aliphatic carbocycles. The van der Waals surface area contributed by atoms with Gasteiger partial charge >= 0.3 is 6.03 Å². The van der Waals surface area contributed by atoms with Crippen LogP contribution in [0, 0.1) is 12.2 Å². The molecule has 0 aromatic heterocycles. The smallest absolute Gasteiger partial charge is 0.314 e. The Balaban J connectivity index is 1.47. The summed E-state index contributed by atoms with van der Waals surface area (Å²) in [4.78, 5) is 24.7. The van der Waals surface area contributed by atoms with Gasteiger partial charge in [-0.05, 0) is 35.2 Å². The second-order valence-corrected chi connectivity index (χ2v) is 6.93. The Labute approximate surface area is 168 Å². The number of benzene rings is 2. The van der Waals surface area contributed by atoms with Crippen molar-refractivity contribution >= 4 is 23.5 Å². The van der Waals surface area contributed by atoms with Crippen LogP contribution in [0.15, 0.2) is 42.5 Å². The normalized spacial score (nSPS) is 14.7. The number of piperazine rings is 1. The first-order valence-corrected chi connectivity index (χ1v) is 9.27. The molecule has 1 aliphatic heterocycles. The first-order valence-electron chi connectivity index (χ1n) is 8.90. The summed E-state index contributed by atoms with van der Waals surface area (Å²) in [6.45, 7) is 2.06. The zero-order valence-electron chi connectivity index (χ0n) is 15.2. The summed E-state index contributed by atoms with van der Waals surface area (Å²) in [6, 6.07) is 11.8. The van der Waals surface area contributed by atoms with Crippen molar-refractivity contribution in [3.63, 3.8) is 0 Å². The first-order chi connectivity index (χ1) is 13.4. The number of rotatable bonds is 5. The molecule has 3 amide bonds. The summed E-state index contributed by atoms with van der Waals surface area (Å²) in [5, 5.41) is 1.86. The highest BCUT2D eigenvalue weighted by Gasteiger charge is 2.20. The van der Waals surface area contributed by atoms with Gasteiger partial charge in [0.2, 0.25) is 5.91 Å². The van der Waals surface area contributed by atoms with Gasteiger partial charge in [-0.2, -0.15) is 0 Å². The highest BCUT2D eigenvalue weighted by atomic mass is 35.5. The third kappa shape index (κ3) is 5.21. The summed E-state index contributed by atoms with van der Waals surface area (Å²) in [6.07, 6.45) is 2.06. The highest BCUT2D eigenvalue weighted by Crippen LogP contribution is 2.25. The Morgan fingerprint density at radius 2 is 1.71 bits per heavy atom. The lowest BCUT2D eigenvalue weighted by Gasteiger charge is -2.33. The first kappa shape index (κ1) is 20.1. The fourth-order valence-electron chi connectivity index (χ4n) is 2.96. The lowest BCUT2D eigenvalue weighted by molar-refractivity contribution is -0.123. The Morgan fingerprint density at radius 3 is 2.32 bits per heavy atom. The molecular formula is C20H21ClFN4O2. The van der Waals surface area contributed by atoms with Crippen molar-refractivity contribution in [2.75, 3.05) is 26.2 Å². The number of nitrogens with one attached hydrogen (secondary N) is 1. The van der Waals surface area contributed by atoms with Crippen molar-refractivity contribution in [3.05, 3.63) is 65.3 Å². The maximum atomic E-state index is 13.3. The van der Waals surface area contributed by atoms with Crippen molar-refractivity contribution in [1.29, 1.82) is 0 Å². The van der Waals surface area contributed by atoms with Crippen LogP contribution >= 0.6 is 11.6 Å². The van der Waals surface area contributed by atoms with Crippen molar-refractivity contribution in [3.8, 4) is 11.1 Å². The summed E-state index contributed by atoms with van der Waals surface area (Å²) in [5.74, 6) is -0.638. The number of primary amides is 1. The van der Waals surface area contributed by atoms with Crippen LogP contribution < -0.4 is 11.2 Å². The predicted molar refractivity (Wildman–Crippen MR) is 106 cm³/mol. The number of hydrogen-bond acceptors (Lipinski definition) is 3. The van der Waals surface area contributed by atoms with Crippen molar-refractivity contribution < 1.29 is 14.0 Å². The molecule has 0 unspecified atom stereocenters. The molecule has 2 aromatic carbocycles. The van der Waals surface area contributed by atoms with E-state index in [0.29, 0.717) is 32.6 Å². The van der Waals surface area contributed by atoms with Gasteiger partial charge in [0.15, 0.2) is 0 Å². The number of nitrogens with two attached hydrogens (primary N) is 1. The monoisotopic (exact) mass is 403 g/mol. The van der Waals surface area contributed by atoms with Gasteiger partial charge in [0.05, 0.1) is 11.4 Å². The number of halogens is 2.